The van der Waals surface area contributed by atoms with Crippen molar-refractivity contribution in [1.82, 2.24) is 5.32 Å². The maximum atomic E-state index is 12.2. The summed E-state index contributed by atoms with van der Waals surface area (Å²) in [5.74, 6) is -0.868. The lowest BCUT2D eigenvalue weighted by Crippen LogP contribution is -2.43. The third kappa shape index (κ3) is 4.06. The number of hydrogen-bond acceptors (Lipinski definition) is 3. The summed E-state index contributed by atoms with van der Waals surface area (Å²) in [5.41, 5.74) is 1.57. The van der Waals surface area contributed by atoms with Crippen LogP contribution >= 0.6 is 0 Å². The number of carbonyl (C=O) groups is 2. The number of rotatable bonds is 5. The van der Waals surface area contributed by atoms with Crippen molar-refractivity contribution in [3.8, 4) is 0 Å². The molecule has 1 aromatic rings. The Morgan fingerprint density at radius 2 is 2.10 bits per heavy atom. The predicted octanol–water partition coefficient (Wildman–Crippen LogP) is 1.78. The summed E-state index contributed by atoms with van der Waals surface area (Å²) in [4.78, 5) is 22.8. The lowest BCUT2D eigenvalue weighted by Gasteiger charge is -2.23. The van der Waals surface area contributed by atoms with Crippen LogP contribution in [-0.2, 0) is 16.0 Å². The molecule has 2 rings (SSSR count). The summed E-state index contributed by atoms with van der Waals surface area (Å²) in [5, 5.41) is 14.9. The van der Waals surface area contributed by atoms with Crippen molar-refractivity contribution in [2.45, 2.75) is 38.1 Å². The van der Waals surface area contributed by atoms with Gasteiger partial charge in [0, 0.05) is 12.1 Å². The van der Waals surface area contributed by atoms with E-state index in [0.717, 1.165) is 31.4 Å². The number of piperidine rings is 1. The fraction of sp³-hybridized carbons (Fsp3) is 0.467. The number of nitrogens with one attached hydrogen (secondary N) is 2. The Labute approximate surface area is 118 Å². The van der Waals surface area contributed by atoms with Gasteiger partial charge in [-0.05, 0) is 37.4 Å². The zero-order valence-electron chi connectivity index (χ0n) is 11.4. The van der Waals surface area contributed by atoms with Crippen molar-refractivity contribution >= 4 is 17.6 Å². The first kappa shape index (κ1) is 14.5. The van der Waals surface area contributed by atoms with Gasteiger partial charge in [-0.3, -0.25) is 9.59 Å². The van der Waals surface area contributed by atoms with E-state index in [1.807, 2.05) is 24.3 Å². The molecule has 1 aliphatic heterocycles. The third-order valence-corrected chi connectivity index (χ3v) is 3.51. The molecule has 1 aliphatic rings. The Kier molecular flexibility index (Phi) is 5.12. The Hall–Kier alpha value is -1.88. The van der Waals surface area contributed by atoms with Crippen LogP contribution in [0.3, 0.4) is 0 Å². The van der Waals surface area contributed by atoms with Crippen molar-refractivity contribution < 1.29 is 14.7 Å². The Morgan fingerprint density at radius 3 is 2.80 bits per heavy atom. The van der Waals surface area contributed by atoms with Crippen LogP contribution < -0.4 is 10.6 Å². The highest BCUT2D eigenvalue weighted by Crippen LogP contribution is 2.18. The lowest BCUT2D eigenvalue weighted by atomic mass is 10.0. The van der Waals surface area contributed by atoms with Crippen LogP contribution in [0.25, 0.3) is 0 Å². The second-order valence-corrected chi connectivity index (χ2v) is 5.04. The minimum atomic E-state index is -0.833. The molecule has 0 aromatic heterocycles. The van der Waals surface area contributed by atoms with E-state index >= 15 is 0 Å². The fourth-order valence-corrected chi connectivity index (χ4v) is 2.40. The number of carbonyl (C=O) groups excluding carboxylic acids is 1. The number of anilines is 1. The quantitative estimate of drug-likeness (QED) is 0.766. The standard InChI is InChI=1S/C15H20N2O3/c18-14(19)9-8-11-5-1-2-6-12(11)17-15(20)13-7-3-4-10-16-13/h1-2,5-6,13,16H,3-4,7-10H2,(H,17,20)(H,18,19). The fourth-order valence-electron chi connectivity index (χ4n) is 2.40. The maximum Gasteiger partial charge on any atom is 0.303 e. The van der Waals surface area contributed by atoms with Crippen LogP contribution in [0.5, 0.6) is 0 Å². The van der Waals surface area contributed by atoms with E-state index in [4.69, 9.17) is 5.11 Å². The summed E-state index contributed by atoms with van der Waals surface area (Å²) in [6, 6.07) is 7.22. The van der Waals surface area contributed by atoms with Gasteiger partial charge in [0.1, 0.15) is 0 Å². The third-order valence-electron chi connectivity index (χ3n) is 3.51. The molecule has 1 saturated heterocycles. The van der Waals surface area contributed by atoms with Crippen molar-refractivity contribution in [2.75, 3.05) is 11.9 Å². The number of para-hydroxylation sites is 1. The van der Waals surface area contributed by atoms with Gasteiger partial charge in [0.2, 0.25) is 5.91 Å². The second kappa shape index (κ2) is 7.05. The van der Waals surface area contributed by atoms with Gasteiger partial charge < -0.3 is 15.7 Å². The molecule has 1 atom stereocenters. The van der Waals surface area contributed by atoms with Crippen molar-refractivity contribution in [3.05, 3.63) is 29.8 Å². The molecule has 0 radical (unpaired) electrons. The monoisotopic (exact) mass is 276 g/mol. The van der Waals surface area contributed by atoms with Crippen LogP contribution in [0, 0.1) is 0 Å². The van der Waals surface area contributed by atoms with E-state index in [9.17, 15) is 9.59 Å². The van der Waals surface area contributed by atoms with Crippen LogP contribution in [0.2, 0.25) is 0 Å². The molecule has 5 heteroatoms. The van der Waals surface area contributed by atoms with Gasteiger partial charge in [-0.15, -0.1) is 0 Å². The Morgan fingerprint density at radius 1 is 1.30 bits per heavy atom. The molecule has 3 N–H and O–H groups in total. The molecule has 1 aromatic carbocycles. The van der Waals surface area contributed by atoms with Crippen molar-refractivity contribution in [3.63, 3.8) is 0 Å². The zero-order valence-corrected chi connectivity index (χ0v) is 11.4. The molecule has 108 valence electrons. The highest BCUT2D eigenvalue weighted by atomic mass is 16.4. The van der Waals surface area contributed by atoms with E-state index in [1.54, 1.807) is 0 Å². The molecule has 0 spiro atoms. The molecule has 0 bridgehead atoms. The molecule has 5 nitrogen and oxygen atoms in total. The Balaban J connectivity index is 2.00. The molecule has 20 heavy (non-hydrogen) atoms. The van der Waals surface area contributed by atoms with Gasteiger partial charge in [-0.1, -0.05) is 24.6 Å². The van der Waals surface area contributed by atoms with Gasteiger partial charge in [0.05, 0.1) is 6.04 Å². The maximum absolute atomic E-state index is 12.2. The average Bonchev–Trinajstić information content (AvgIpc) is 2.47. The smallest absolute Gasteiger partial charge is 0.303 e. The van der Waals surface area contributed by atoms with E-state index in [2.05, 4.69) is 10.6 Å². The molecular weight excluding hydrogens is 256 g/mol. The molecule has 1 heterocycles. The number of amides is 1. The minimum Gasteiger partial charge on any atom is -0.481 e. The molecular formula is C15H20N2O3. The van der Waals surface area contributed by atoms with Crippen LogP contribution in [0.4, 0.5) is 5.69 Å². The van der Waals surface area contributed by atoms with E-state index in [0.29, 0.717) is 12.1 Å². The predicted molar refractivity (Wildman–Crippen MR) is 76.7 cm³/mol. The number of carboxylic acid groups (broad SMARTS) is 1. The van der Waals surface area contributed by atoms with Crippen molar-refractivity contribution in [1.29, 1.82) is 0 Å². The number of aliphatic carboxylic acids is 1. The van der Waals surface area contributed by atoms with Gasteiger partial charge >= 0.3 is 5.97 Å². The average molecular weight is 276 g/mol. The summed E-state index contributed by atoms with van der Waals surface area (Å²) < 4.78 is 0. The summed E-state index contributed by atoms with van der Waals surface area (Å²) in [7, 11) is 0. The summed E-state index contributed by atoms with van der Waals surface area (Å²) in [6.45, 7) is 0.874. The van der Waals surface area contributed by atoms with E-state index in [-0.39, 0.29) is 18.4 Å². The van der Waals surface area contributed by atoms with Crippen LogP contribution in [-0.4, -0.2) is 29.6 Å². The molecule has 1 fully saturated rings. The van der Waals surface area contributed by atoms with Crippen LogP contribution in [0.15, 0.2) is 24.3 Å². The number of carboxylic acids is 1. The zero-order chi connectivity index (χ0) is 14.4. The first-order valence-electron chi connectivity index (χ1n) is 7.01. The van der Waals surface area contributed by atoms with E-state index < -0.39 is 5.97 Å². The molecule has 0 saturated carbocycles. The van der Waals surface area contributed by atoms with Crippen LogP contribution in [0.1, 0.15) is 31.2 Å². The summed E-state index contributed by atoms with van der Waals surface area (Å²) >= 11 is 0. The minimum absolute atomic E-state index is 0.0347. The van der Waals surface area contributed by atoms with Gasteiger partial charge in [0.15, 0.2) is 0 Å². The first-order chi connectivity index (χ1) is 9.66. The number of hydrogen-bond donors (Lipinski definition) is 3. The molecule has 1 unspecified atom stereocenters. The van der Waals surface area contributed by atoms with Gasteiger partial charge in [0.25, 0.3) is 0 Å². The highest BCUT2D eigenvalue weighted by molar-refractivity contribution is 5.95. The Bertz CT molecular complexity index is 482. The number of benzene rings is 1. The highest BCUT2D eigenvalue weighted by Gasteiger charge is 2.21. The SMILES string of the molecule is O=C(O)CCc1ccccc1NC(=O)C1CCCCN1. The van der Waals surface area contributed by atoms with Gasteiger partial charge in [-0.2, -0.15) is 0 Å². The largest absolute Gasteiger partial charge is 0.481 e. The molecule has 1 amide bonds. The normalized spacial score (nSPS) is 18.5. The molecule has 0 aliphatic carbocycles. The number of aryl methyl sites for hydroxylation is 1. The lowest BCUT2D eigenvalue weighted by molar-refractivity contribution is -0.136. The van der Waals surface area contributed by atoms with Crippen molar-refractivity contribution in [2.24, 2.45) is 0 Å². The van der Waals surface area contributed by atoms with Gasteiger partial charge in [-0.25, -0.2) is 0 Å². The summed E-state index contributed by atoms with van der Waals surface area (Å²) in [6.07, 6.45) is 3.51. The second-order valence-electron chi connectivity index (χ2n) is 5.04. The van der Waals surface area contributed by atoms with E-state index in [1.165, 1.54) is 0 Å². The topological polar surface area (TPSA) is 78.4 Å². The first-order valence-corrected chi connectivity index (χ1v) is 7.01.